The van der Waals surface area contributed by atoms with Crippen molar-refractivity contribution in [3.63, 3.8) is 0 Å². The van der Waals surface area contributed by atoms with E-state index in [2.05, 4.69) is 21.2 Å². The molecule has 20 heavy (non-hydrogen) atoms. The zero-order valence-electron chi connectivity index (χ0n) is 10.4. The van der Waals surface area contributed by atoms with Crippen LogP contribution in [0.4, 0.5) is 5.69 Å². The van der Waals surface area contributed by atoms with Crippen LogP contribution in [0.15, 0.2) is 39.8 Å². The Morgan fingerprint density at radius 3 is 2.50 bits per heavy atom. The molecule has 0 unspecified atom stereocenters. The van der Waals surface area contributed by atoms with Gasteiger partial charge in [0.05, 0.1) is 5.92 Å². The van der Waals surface area contributed by atoms with E-state index in [0.29, 0.717) is 10.7 Å². The summed E-state index contributed by atoms with van der Waals surface area (Å²) in [5.74, 6) is -3.12. The van der Waals surface area contributed by atoms with Crippen LogP contribution in [0.3, 0.4) is 0 Å². The molecule has 1 N–H and O–H groups in total. The van der Waals surface area contributed by atoms with Crippen LogP contribution in [-0.4, -0.2) is 11.9 Å². The Bertz CT molecular complexity index is 556. The first kappa shape index (κ1) is 15.1. The van der Waals surface area contributed by atoms with E-state index in [1.807, 2.05) is 0 Å². The molecule has 0 saturated carbocycles. The van der Waals surface area contributed by atoms with Crippen LogP contribution in [0.1, 0.15) is 12.8 Å². The highest BCUT2D eigenvalue weighted by atomic mass is 79.9. The molecule has 4 nitrogen and oxygen atoms in total. The number of aliphatic carboxylic acids is 1. The second-order valence-electron chi connectivity index (χ2n) is 4.62. The lowest BCUT2D eigenvalue weighted by Gasteiger charge is -2.29. The standard InChI is InChI=1S/C14H13BrClNO3/c15-8-1-4-10(5-2-8)17-13(18)12-7-9(16)3-6-11(12)14(19)20/h1-5,11-12H,6-7H2,(H,17,18)(H,19,20)/p-1/t11-,12-/m1/s1. The summed E-state index contributed by atoms with van der Waals surface area (Å²) in [6, 6.07) is 7.05. The number of hydrogen-bond donors (Lipinski definition) is 1. The number of allylic oxidation sites excluding steroid dienone is 2. The molecule has 2 atom stereocenters. The Morgan fingerprint density at radius 2 is 1.90 bits per heavy atom. The molecule has 0 radical (unpaired) electrons. The van der Waals surface area contributed by atoms with Crippen molar-refractivity contribution in [2.75, 3.05) is 5.32 Å². The predicted molar refractivity (Wildman–Crippen MR) is 77.9 cm³/mol. The molecule has 0 spiro atoms. The molecule has 0 aromatic heterocycles. The fourth-order valence-corrected chi connectivity index (χ4v) is 2.68. The third-order valence-corrected chi connectivity index (χ3v) is 4.08. The predicted octanol–water partition coefficient (Wildman–Crippen LogP) is 2.29. The number of carbonyl (C=O) groups is 2. The molecule has 0 bridgehead atoms. The first-order chi connectivity index (χ1) is 9.47. The Morgan fingerprint density at radius 1 is 1.25 bits per heavy atom. The highest BCUT2D eigenvalue weighted by molar-refractivity contribution is 9.10. The molecular weight excluding hydrogens is 346 g/mol. The van der Waals surface area contributed by atoms with Crippen molar-refractivity contribution in [1.29, 1.82) is 0 Å². The Hall–Kier alpha value is -1.33. The van der Waals surface area contributed by atoms with Gasteiger partial charge in [0.15, 0.2) is 0 Å². The fourth-order valence-electron chi connectivity index (χ4n) is 2.16. The molecular formula is C14H12BrClNO3-. The van der Waals surface area contributed by atoms with Crippen LogP contribution in [0.5, 0.6) is 0 Å². The largest absolute Gasteiger partial charge is 0.550 e. The van der Waals surface area contributed by atoms with Crippen molar-refractivity contribution in [2.45, 2.75) is 12.8 Å². The van der Waals surface area contributed by atoms with Gasteiger partial charge in [0, 0.05) is 27.1 Å². The average molecular weight is 358 g/mol. The lowest BCUT2D eigenvalue weighted by atomic mass is 9.82. The SMILES string of the molecule is O=C([O-])[C@@H]1CC=C(Cl)C[C@H]1C(=O)Nc1ccc(Br)cc1. The number of halogens is 2. The topological polar surface area (TPSA) is 69.2 Å². The Balaban J connectivity index is 2.12. The van der Waals surface area contributed by atoms with E-state index in [1.54, 1.807) is 30.3 Å². The van der Waals surface area contributed by atoms with Gasteiger partial charge in [0.25, 0.3) is 0 Å². The number of hydrogen-bond acceptors (Lipinski definition) is 3. The normalized spacial score (nSPS) is 22.0. The van der Waals surface area contributed by atoms with Crippen molar-refractivity contribution in [3.05, 3.63) is 39.8 Å². The zero-order chi connectivity index (χ0) is 14.7. The summed E-state index contributed by atoms with van der Waals surface area (Å²) in [5, 5.41) is 14.3. The van der Waals surface area contributed by atoms with Crippen molar-refractivity contribution in [1.82, 2.24) is 0 Å². The van der Waals surface area contributed by atoms with Crippen molar-refractivity contribution < 1.29 is 14.7 Å². The van der Waals surface area contributed by atoms with E-state index in [9.17, 15) is 14.7 Å². The van der Waals surface area contributed by atoms with Crippen LogP contribution in [0, 0.1) is 11.8 Å². The van der Waals surface area contributed by atoms with E-state index in [1.165, 1.54) is 0 Å². The Kier molecular flexibility index (Phi) is 4.83. The number of anilines is 1. The second-order valence-corrected chi connectivity index (χ2v) is 6.02. The third-order valence-electron chi connectivity index (χ3n) is 3.25. The second kappa shape index (κ2) is 6.41. The lowest BCUT2D eigenvalue weighted by molar-refractivity contribution is -0.313. The maximum atomic E-state index is 12.2. The molecule has 1 aliphatic rings. The van der Waals surface area contributed by atoms with Gasteiger partial charge >= 0.3 is 0 Å². The smallest absolute Gasteiger partial charge is 0.228 e. The zero-order valence-corrected chi connectivity index (χ0v) is 12.8. The van der Waals surface area contributed by atoms with E-state index in [0.717, 1.165) is 4.47 Å². The third kappa shape index (κ3) is 3.61. The van der Waals surface area contributed by atoms with Gasteiger partial charge < -0.3 is 15.2 Å². The molecule has 0 fully saturated rings. The highest BCUT2D eigenvalue weighted by Gasteiger charge is 2.32. The summed E-state index contributed by atoms with van der Waals surface area (Å²) in [4.78, 5) is 23.3. The van der Waals surface area contributed by atoms with Crippen LogP contribution >= 0.6 is 27.5 Å². The minimum Gasteiger partial charge on any atom is -0.550 e. The molecule has 6 heteroatoms. The molecule has 0 saturated heterocycles. The van der Waals surface area contributed by atoms with Crippen molar-refractivity contribution >= 4 is 45.1 Å². The van der Waals surface area contributed by atoms with Gasteiger partial charge in [-0.2, -0.15) is 0 Å². The van der Waals surface area contributed by atoms with Gasteiger partial charge in [-0.15, -0.1) is 0 Å². The molecule has 1 aromatic carbocycles. The molecule has 0 heterocycles. The van der Waals surface area contributed by atoms with Gasteiger partial charge in [-0.3, -0.25) is 4.79 Å². The van der Waals surface area contributed by atoms with E-state index < -0.39 is 17.8 Å². The maximum absolute atomic E-state index is 12.2. The Labute approximate surface area is 129 Å². The number of benzene rings is 1. The number of amides is 1. The first-order valence-corrected chi connectivity index (χ1v) is 7.26. The monoisotopic (exact) mass is 356 g/mol. The maximum Gasteiger partial charge on any atom is 0.228 e. The van der Waals surface area contributed by atoms with Gasteiger partial charge in [-0.25, -0.2) is 0 Å². The van der Waals surface area contributed by atoms with Crippen molar-refractivity contribution in [3.8, 4) is 0 Å². The summed E-state index contributed by atoms with van der Waals surface area (Å²) in [6.07, 6.45) is 2.08. The molecule has 1 aliphatic carbocycles. The average Bonchev–Trinajstić information content (AvgIpc) is 2.41. The molecule has 2 rings (SSSR count). The van der Waals surface area contributed by atoms with Gasteiger partial charge in [0.1, 0.15) is 0 Å². The summed E-state index contributed by atoms with van der Waals surface area (Å²) < 4.78 is 0.895. The van der Waals surface area contributed by atoms with Gasteiger partial charge in [0.2, 0.25) is 5.91 Å². The summed E-state index contributed by atoms with van der Waals surface area (Å²) >= 11 is 9.21. The molecule has 1 amide bonds. The van der Waals surface area contributed by atoms with Gasteiger partial charge in [-0.05, 0) is 37.1 Å². The van der Waals surface area contributed by atoms with Crippen LogP contribution < -0.4 is 10.4 Å². The molecule has 106 valence electrons. The minimum atomic E-state index is -1.22. The minimum absolute atomic E-state index is 0.222. The van der Waals surface area contributed by atoms with Gasteiger partial charge in [-0.1, -0.05) is 33.6 Å². The number of carbonyl (C=O) groups excluding carboxylic acids is 2. The molecule has 0 aliphatic heterocycles. The highest BCUT2D eigenvalue weighted by Crippen LogP contribution is 2.32. The quantitative estimate of drug-likeness (QED) is 0.902. The fraction of sp³-hybridized carbons (Fsp3) is 0.286. The number of carboxylic acid groups (broad SMARTS) is 1. The number of carboxylic acids is 1. The van der Waals surface area contributed by atoms with E-state index in [-0.39, 0.29) is 18.7 Å². The van der Waals surface area contributed by atoms with E-state index >= 15 is 0 Å². The summed E-state index contributed by atoms with van der Waals surface area (Å²) in [5.41, 5.74) is 0.612. The summed E-state index contributed by atoms with van der Waals surface area (Å²) in [7, 11) is 0. The van der Waals surface area contributed by atoms with Crippen LogP contribution in [0.25, 0.3) is 0 Å². The number of nitrogens with one attached hydrogen (secondary N) is 1. The molecule has 1 aromatic rings. The first-order valence-electron chi connectivity index (χ1n) is 6.09. The number of rotatable bonds is 3. The lowest BCUT2D eigenvalue weighted by Crippen LogP contribution is -2.42. The summed E-state index contributed by atoms with van der Waals surface area (Å²) in [6.45, 7) is 0. The van der Waals surface area contributed by atoms with Crippen LogP contribution in [-0.2, 0) is 9.59 Å². The van der Waals surface area contributed by atoms with Crippen LogP contribution in [0.2, 0.25) is 0 Å². The van der Waals surface area contributed by atoms with E-state index in [4.69, 9.17) is 11.6 Å². The van der Waals surface area contributed by atoms with Crippen molar-refractivity contribution in [2.24, 2.45) is 11.8 Å².